The summed E-state index contributed by atoms with van der Waals surface area (Å²) in [4.78, 5) is 41.2. The zero-order valence-corrected chi connectivity index (χ0v) is 26.3. The average molecular weight is 599 g/mol. The SMILES string of the molecule is COC1CCN(c2nc(NC3CC4CCC(C3)N4C(=O)OC3CN(C(=O)OC(C)(C)C)C3)n3ncc(C(C)C)c3n2)CC1. The second-order valence-corrected chi connectivity index (χ2v) is 13.8. The highest BCUT2D eigenvalue weighted by molar-refractivity contribution is 5.71. The summed E-state index contributed by atoms with van der Waals surface area (Å²) < 4.78 is 18.6. The van der Waals surface area contributed by atoms with Crippen molar-refractivity contribution in [2.24, 2.45) is 0 Å². The van der Waals surface area contributed by atoms with Crippen molar-refractivity contribution in [3.8, 4) is 0 Å². The van der Waals surface area contributed by atoms with Crippen molar-refractivity contribution in [3.63, 3.8) is 0 Å². The van der Waals surface area contributed by atoms with Crippen molar-refractivity contribution in [3.05, 3.63) is 11.8 Å². The Kier molecular flexibility index (Phi) is 8.03. The lowest BCUT2D eigenvalue weighted by atomic mass is 9.98. The molecule has 0 radical (unpaired) electrons. The third kappa shape index (κ3) is 6.18. The van der Waals surface area contributed by atoms with Crippen molar-refractivity contribution >= 4 is 29.7 Å². The number of ether oxygens (including phenoxy) is 3. The number of rotatable bonds is 6. The molecule has 2 aromatic heterocycles. The third-order valence-electron chi connectivity index (χ3n) is 9.11. The van der Waals surface area contributed by atoms with Crippen LogP contribution in [0.5, 0.6) is 0 Å². The monoisotopic (exact) mass is 598 g/mol. The lowest BCUT2D eigenvalue weighted by Gasteiger charge is -2.42. The van der Waals surface area contributed by atoms with Crippen molar-refractivity contribution in [2.45, 2.75) is 115 Å². The number of piperidine rings is 2. The van der Waals surface area contributed by atoms with Gasteiger partial charge in [0, 0.05) is 43.9 Å². The molecule has 236 valence electrons. The van der Waals surface area contributed by atoms with Gasteiger partial charge in [0.2, 0.25) is 11.9 Å². The molecule has 0 aromatic carbocycles. The maximum Gasteiger partial charge on any atom is 0.410 e. The largest absolute Gasteiger partial charge is 0.444 e. The fourth-order valence-electron chi connectivity index (χ4n) is 6.78. The van der Waals surface area contributed by atoms with Gasteiger partial charge in [0.05, 0.1) is 25.4 Å². The van der Waals surface area contributed by atoms with E-state index in [2.05, 4.69) is 29.2 Å². The number of hydrogen-bond donors (Lipinski definition) is 1. The Morgan fingerprint density at radius 2 is 1.65 bits per heavy atom. The minimum atomic E-state index is -0.551. The van der Waals surface area contributed by atoms with Crippen LogP contribution in [0.2, 0.25) is 0 Å². The molecule has 0 saturated carbocycles. The minimum Gasteiger partial charge on any atom is -0.444 e. The third-order valence-corrected chi connectivity index (χ3v) is 9.11. The van der Waals surface area contributed by atoms with E-state index in [0.29, 0.717) is 19.0 Å². The molecule has 0 aliphatic carbocycles. The number of methoxy groups -OCH3 is 1. The summed E-state index contributed by atoms with van der Waals surface area (Å²) >= 11 is 0. The molecule has 6 rings (SSSR count). The maximum absolute atomic E-state index is 13.2. The number of carbonyl (C=O) groups excluding carboxylic acids is 2. The van der Waals surface area contributed by atoms with Gasteiger partial charge in [0.15, 0.2) is 5.65 Å². The normalized spacial score (nSPS) is 24.9. The fraction of sp³-hybridized carbons (Fsp3) is 0.767. The van der Waals surface area contributed by atoms with Crippen LogP contribution in [0.4, 0.5) is 21.5 Å². The molecule has 0 spiro atoms. The molecule has 1 N–H and O–H groups in total. The van der Waals surface area contributed by atoms with Gasteiger partial charge >= 0.3 is 12.2 Å². The summed E-state index contributed by atoms with van der Waals surface area (Å²) in [6, 6.07) is 0.337. The molecule has 43 heavy (non-hydrogen) atoms. The van der Waals surface area contributed by atoms with Gasteiger partial charge in [-0.15, -0.1) is 0 Å². The lowest BCUT2D eigenvalue weighted by Crippen LogP contribution is -2.58. The summed E-state index contributed by atoms with van der Waals surface area (Å²) in [6.07, 6.45) is 6.63. The summed E-state index contributed by atoms with van der Waals surface area (Å²) in [5.41, 5.74) is 1.38. The Morgan fingerprint density at radius 1 is 0.977 bits per heavy atom. The van der Waals surface area contributed by atoms with E-state index < -0.39 is 5.60 Å². The van der Waals surface area contributed by atoms with Gasteiger partial charge in [-0.1, -0.05) is 13.8 Å². The number of nitrogens with one attached hydrogen (secondary N) is 1. The number of carbonyl (C=O) groups is 2. The van der Waals surface area contributed by atoms with Crippen molar-refractivity contribution in [1.82, 2.24) is 29.4 Å². The smallest absolute Gasteiger partial charge is 0.410 e. The molecular weight excluding hydrogens is 552 g/mol. The van der Waals surface area contributed by atoms with Gasteiger partial charge in [-0.3, -0.25) is 0 Å². The van der Waals surface area contributed by atoms with Gasteiger partial charge in [0.25, 0.3) is 0 Å². The van der Waals surface area contributed by atoms with Crippen LogP contribution in [0.25, 0.3) is 5.65 Å². The van der Waals surface area contributed by atoms with Gasteiger partial charge in [-0.25, -0.2) is 9.59 Å². The molecule has 4 aliphatic heterocycles. The lowest BCUT2D eigenvalue weighted by molar-refractivity contribution is -0.0485. The van der Waals surface area contributed by atoms with E-state index >= 15 is 0 Å². The number of anilines is 2. The van der Waals surface area contributed by atoms with Gasteiger partial charge in [0.1, 0.15) is 11.7 Å². The number of amides is 2. The Bertz CT molecular complexity index is 1310. The fourth-order valence-corrected chi connectivity index (χ4v) is 6.78. The van der Waals surface area contributed by atoms with Gasteiger partial charge < -0.3 is 34.2 Å². The highest BCUT2D eigenvalue weighted by Crippen LogP contribution is 2.38. The minimum absolute atomic E-state index is 0.0968. The predicted octanol–water partition coefficient (Wildman–Crippen LogP) is 4.03. The molecule has 6 heterocycles. The molecule has 2 atom stereocenters. The van der Waals surface area contributed by atoms with Crippen molar-refractivity contribution in [2.75, 3.05) is 43.5 Å². The van der Waals surface area contributed by atoms with Gasteiger partial charge in [-0.05, 0) is 65.2 Å². The first-order valence-corrected chi connectivity index (χ1v) is 15.8. The van der Waals surface area contributed by atoms with E-state index in [9.17, 15) is 9.59 Å². The quantitative estimate of drug-likeness (QED) is 0.521. The Labute approximate surface area is 253 Å². The average Bonchev–Trinajstić information content (AvgIpc) is 3.48. The van der Waals surface area contributed by atoms with Crippen LogP contribution in [0.3, 0.4) is 0 Å². The van der Waals surface area contributed by atoms with E-state index in [1.54, 1.807) is 12.0 Å². The summed E-state index contributed by atoms with van der Waals surface area (Å²) in [7, 11) is 1.78. The topological polar surface area (TPSA) is 127 Å². The first kappa shape index (κ1) is 29.7. The van der Waals surface area contributed by atoms with Gasteiger partial charge in [-0.2, -0.15) is 19.6 Å². The molecule has 4 aliphatic rings. The maximum atomic E-state index is 13.2. The molecule has 4 saturated heterocycles. The van der Waals surface area contributed by atoms with Crippen LogP contribution >= 0.6 is 0 Å². The zero-order valence-electron chi connectivity index (χ0n) is 26.3. The molecular formula is C30H46N8O5. The van der Waals surface area contributed by atoms with Crippen molar-refractivity contribution < 1.29 is 23.8 Å². The second-order valence-electron chi connectivity index (χ2n) is 13.8. The summed E-state index contributed by atoms with van der Waals surface area (Å²) in [5.74, 6) is 1.69. The molecule has 2 bridgehead atoms. The number of nitrogens with zero attached hydrogens (tertiary/aromatic N) is 7. The van der Waals surface area contributed by atoms with Crippen LogP contribution in [0, 0.1) is 0 Å². The number of likely N-dealkylation sites (tertiary alicyclic amines) is 1. The second kappa shape index (κ2) is 11.6. The standard InChI is InChI=1S/C30H46N8O5/c1-18(2)24-15-31-38-25(24)33-26(35-11-9-22(41-6)10-12-35)34-27(38)32-19-13-20-7-8-21(14-19)37(20)29(40)42-23-16-36(17-23)28(39)43-30(3,4)5/h15,18-23H,7-14,16-17H2,1-6H3,(H,32,33,34). The first-order chi connectivity index (χ1) is 20.5. The number of fused-ring (bicyclic) bond motifs is 3. The molecule has 13 nitrogen and oxygen atoms in total. The molecule has 4 fully saturated rings. The highest BCUT2D eigenvalue weighted by atomic mass is 16.6. The van der Waals surface area contributed by atoms with Crippen LogP contribution in [0.1, 0.15) is 84.6 Å². The van der Waals surface area contributed by atoms with Crippen LogP contribution in [0.15, 0.2) is 6.20 Å². The highest BCUT2D eigenvalue weighted by Gasteiger charge is 2.46. The zero-order chi connectivity index (χ0) is 30.5. The van der Waals surface area contributed by atoms with Crippen LogP contribution in [-0.2, 0) is 14.2 Å². The molecule has 13 heteroatoms. The molecule has 2 unspecified atom stereocenters. The number of aromatic nitrogens is 4. The Balaban J connectivity index is 1.11. The summed E-state index contributed by atoms with van der Waals surface area (Å²) in [6.45, 7) is 12.3. The van der Waals surface area contributed by atoms with E-state index in [0.717, 1.165) is 68.8 Å². The Hall–Kier alpha value is -3.35. The number of hydrogen-bond acceptors (Lipinski definition) is 10. The van der Waals surface area contributed by atoms with Crippen LogP contribution in [-0.4, -0.2) is 111 Å². The van der Waals surface area contributed by atoms with E-state index in [1.165, 1.54) is 0 Å². The van der Waals surface area contributed by atoms with Crippen molar-refractivity contribution in [1.29, 1.82) is 0 Å². The summed E-state index contributed by atoms with van der Waals surface area (Å²) in [5, 5.41) is 8.37. The first-order valence-electron chi connectivity index (χ1n) is 15.8. The molecule has 2 amide bonds. The van der Waals surface area contributed by atoms with E-state index in [4.69, 9.17) is 24.2 Å². The van der Waals surface area contributed by atoms with E-state index in [-0.39, 0.29) is 48.4 Å². The van der Waals surface area contributed by atoms with E-state index in [1.807, 2.05) is 36.4 Å². The predicted molar refractivity (Wildman–Crippen MR) is 160 cm³/mol. The van der Waals surface area contributed by atoms with Crippen LogP contribution < -0.4 is 10.2 Å². The Morgan fingerprint density at radius 3 is 2.26 bits per heavy atom. The molecule has 2 aromatic rings.